The standard InChI is InChI=1S/C19H22N4O2/c1-2-14-25-17-7-5-6-16(15-17)21-19(24)23-12-10-22(11-13-23)18-8-3-4-9-20-18/h2-9,15H,1,10-14H2,(H,21,24). The van der Waals surface area contributed by atoms with Crippen LogP contribution in [0.4, 0.5) is 16.3 Å². The number of nitrogens with zero attached hydrogens (tertiary/aromatic N) is 3. The summed E-state index contributed by atoms with van der Waals surface area (Å²) >= 11 is 0. The lowest BCUT2D eigenvalue weighted by atomic mass is 10.3. The molecule has 0 unspecified atom stereocenters. The first-order valence-corrected chi connectivity index (χ1v) is 8.32. The van der Waals surface area contributed by atoms with Gasteiger partial charge in [-0.15, -0.1) is 0 Å². The smallest absolute Gasteiger partial charge is 0.321 e. The molecule has 0 atom stereocenters. The Morgan fingerprint density at radius 2 is 2.04 bits per heavy atom. The summed E-state index contributed by atoms with van der Waals surface area (Å²) in [4.78, 5) is 20.8. The van der Waals surface area contributed by atoms with Gasteiger partial charge in [0.15, 0.2) is 0 Å². The number of carbonyl (C=O) groups is 1. The van der Waals surface area contributed by atoms with Crippen molar-refractivity contribution in [2.75, 3.05) is 43.0 Å². The van der Waals surface area contributed by atoms with E-state index in [1.807, 2.05) is 47.4 Å². The Labute approximate surface area is 147 Å². The average Bonchev–Trinajstić information content (AvgIpc) is 2.67. The van der Waals surface area contributed by atoms with Gasteiger partial charge in [0, 0.05) is 44.1 Å². The van der Waals surface area contributed by atoms with Crippen molar-refractivity contribution in [3.63, 3.8) is 0 Å². The van der Waals surface area contributed by atoms with Gasteiger partial charge in [0.25, 0.3) is 0 Å². The van der Waals surface area contributed by atoms with E-state index >= 15 is 0 Å². The maximum absolute atomic E-state index is 12.5. The van der Waals surface area contributed by atoms with Crippen molar-refractivity contribution in [3.05, 3.63) is 61.3 Å². The van der Waals surface area contributed by atoms with E-state index in [0.29, 0.717) is 25.4 Å². The lowest BCUT2D eigenvalue weighted by Gasteiger charge is -2.35. The maximum atomic E-state index is 12.5. The third-order valence-electron chi connectivity index (χ3n) is 3.99. The highest BCUT2D eigenvalue weighted by molar-refractivity contribution is 5.89. The second-order valence-corrected chi connectivity index (χ2v) is 5.72. The van der Waals surface area contributed by atoms with Crippen LogP contribution in [0.2, 0.25) is 0 Å². The molecular formula is C19H22N4O2. The third-order valence-corrected chi connectivity index (χ3v) is 3.99. The molecule has 6 nitrogen and oxygen atoms in total. The molecule has 1 saturated heterocycles. The Morgan fingerprint density at radius 3 is 2.76 bits per heavy atom. The number of rotatable bonds is 5. The van der Waals surface area contributed by atoms with Crippen LogP contribution in [0.25, 0.3) is 0 Å². The molecule has 0 aliphatic carbocycles. The van der Waals surface area contributed by atoms with Crippen molar-refractivity contribution in [1.82, 2.24) is 9.88 Å². The van der Waals surface area contributed by atoms with E-state index < -0.39 is 0 Å². The van der Waals surface area contributed by atoms with Crippen LogP contribution in [0, 0.1) is 0 Å². The van der Waals surface area contributed by atoms with Gasteiger partial charge in [-0.25, -0.2) is 9.78 Å². The molecule has 1 aliphatic heterocycles. The highest BCUT2D eigenvalue weighted by Gasteiger charge is 2.21. The number of hydrogen-bond donors (Lipinski definition) is 1. The first-order valence-electron chi connectivity index (χ1n) is 8.32. The SMILES string of the molecule is C=CCOc1cccc(NC(=O)N2CCN(c3ccccn3)CC2)c1. The van der Waals surface area contributed by atoms with Gasteiger partial charge in [0.2, 0.25) is 0 Å². The van der Waals surface area contributed by atoms with Crippen molar-refractivity contribution < 1.29 is 9.53 Å². The molecule has 1 N–H and O–H groups in total. The zero-order valence-electron chi connectivity index (χ0n) is 14.1. The van der Waals surface area contributed by atoms with Gasteiger partial charge < -0.3 is 19.9 Å². The van der Waals surface area contributed by atoms with E-state index in [1.165, 1.54) is 0 Å². The van der Waals surface area contributed by atoms with Gasteiger partial charge in [-0.05, 0) is 24.3 Å². The number of anilines is 2. The Hall–Kier alpha value is -3.02. The average molecular weight is 338 g/mol. The Morgan fingerprint density at radius 1 is 1.20 bits per heavy atom. The molecule has 0 bridgehead atoms. The molecule has 1 aromatic heterocycles. The van der Waals surface area contributed by atoms with Crippen LogP contribution in [-0.4, -0.2) is 48.7 Å². The Balaban J connectivity index is 1.53. The molecule has 0 saturated carbocycles. The molecule has 2 amide bonds. The summed E-state index contributed by atoms with van der Waals surface area (Å²) in [6.07, 6.45) is 3.47. The van der Waals surface area contributed by atoms with Crippen LogP contribution in [0.15, 0.2) is 61.3 Å². The summed E-state index contributed by atoms with van der Waals surface area (Å²) in [6.45, 7) is 6.93. The molecular weight excluding hydrogens is 316 g/mol. The molecule has 6 heteroatoms. The van der Waals surface area contributed by atoms with Crippen LogP contribution < -0.4 is 15.0 Å². The van der Waals surface area contributed by atoms with Crippen LogP contribution >= 0.6 is 0 Å². The fourth-order valence-corrected chi connectivity index (χ4v) is 2.70. The first kappa shape index (κ1) is 16.8. The second-order valence-electron chi connectivity index (χ2n) is 5.72. The zero-order valence-corrected chi connectivity index (χ0v) is 14.1. The quantitative estimate of drug-likeness (QED) is 0.852. The lowest BCUT2D eigenvalue weighted by Crippen LogP contribution is -2.50. The summed E-state index contributed by atoms with van der Waals surface area (Å²) < 4.78 is 5.49. The number of aromatic nitrogens is 1. The van der Waals surface area contributed by atoms with Crippen molar-refractivity contribution in [2.24, 2.45) is 0 Å². The van der Waals surface area contributed by atoms with E-state index in [9.17, 15) is 4.79 Å². The van der Waals surface area contributed by atoms with E-state index in [-0.39, 0.29) is 6.03 Å². The summed E-state index contributed by atoms with van der Waals surface area (Å²) in [6, 6.07) is 13.1. The molecule has 2 heterocycles. The maximum Gasteiger partial charge on any atom is 0.321 e. The van der Waals surface area contributed by atoms with Gasteiger partial charge in [-0.3, -0.25) is 0 Å². The molecule has 25 heavy (non-hydrogen) atoms. The largest absolute Gasteiger partial charge is 0.489 e. The van der Waals surface area contributed by atoms with Crippen LogP contribution in [0.1, 0.15) is 0 Å². The van der Waals surface area contributed by atoms with Crippen molar-refractivity contribution in [3.8, 4) is 5.75 Å². The van der Waals surface area contributed by atoms with Gasteiger partial charge in [0.05, 0.1) is 0 Å². The van der Waals surface area contributed by atoms with Gasteiger partial charge in [-0.2, -0.15) is 0 Å². The summed E-state index contributed by atoms with van der Waals surface area (Å²) in [5.41, 5.74) is 0.721. The number of nitrogens with one attached hydrogen (secondary N) is 1. The molecule has 1 fully saturated rings. The number of ether oxygens (including phenoxy) is 1. The predicted octanol–water partition coefficient (Wildman–Crippen LogP) is 3.00. The summed E-state index contributed by atoms with van der Waals surface area (Å²) in [5, 5.41) is 2.93. The lowest BCUT2D eigenvalue weighted by molar-refractivity contribution is 0.208. The van der Waals surface area contributed by atoms with E-state index in [2.05, 4.69) is 21.8 Å². The minimum absolute atomic E-state index is 0.0958. The molecule has 0 spiro atoms. The van der Waals surface area contributed by atoms with Crippen molar-refractivity contribution in [2.45, 2.75) is 0 Å². The summed E-state index contributed by atoms with van der Waals surface area (Å²) in [7, 11) is 0. The van der Waals surface area contributed by atoms with Crippen LogP contribution in [0.3, 0.4) is 0 Å². The Kier molecular flexibility index (Phi) is 5.51. The summed E-state index contributed by atoms with van der Waals surface area (Å²) in [5.74, 6) is 1.66. The number of piperazine rings is 1. The third kappa shape index (κ3) is 4.50. The minimum Gasteiger partial charge on any atom is -0.489 e. The number of pyridine rings is 1. The highest BCUT2D eigenvalue weighted by Crippen LogP contribution is 2.18. The van der Waals surface area contributed by atoms with Gasteiger partial charge in [-0.1, -0.05) is 24.8 Å². The van der Waals surface area contributed by atoms with Gasteiger partial charge in [0.1, 0.15) is 18.2 Å². The predicted molar refractivity (Wildman–Crippen MR) is 99.2 cm³/mol. The number of urea groups is 1. The molecule has 2 aromatic rings. The fourth-order valence-electron chi connectivity index (χ4n) is 2.70. The fraction of sp³-hybridized carbons (Fsp3) is 0.263. The van der Waals surface area contributed by atoms with Crippen molar-refractivity contribution in [1.29, 1.82) is 0 Å². The number of carbonyl (C=O) groups excluding carboxylic acids is 1. The van der Waals surface area contributed by atoms with E-state index in [1.54, 1.807) is 12.3 Å². The second kappa shape index (κ2) is 8.19. The molecule has 0 radical (unpaired) electrons. The molecule has 1 aromatic carbocycles. The van der Waals surface area contributed by atoms with Gasteiger partial charge >= 0.3 is 6.03 Å². The number of benzene rings is 1. The van der Waals surface area contributed by atoms with E-state index in [4.69, 9.17) is 4.74 Å². The van der Waals surface area contributed by atoms with Crippen molar-refractivity contribution >= 4 is 17.5 Å². The zero-order chi connectivity index (χ0) is 17.5. The molecule has 3 rings (SSSR count). The highest BCUT2D eigenvalue weighted by atomic mass is 16.5. The molecule has 1 aliphatic rings. The normalized spacial score (nSPS) is 14.1. The molecule has 130 valence electrons. The van der Waals surface area contributed by atoms with Crippen LogP contribution in [-0.2, 0) is 0 Å². The topological polar surface area (TPSA) is 57.7 Å². The monoisotopic (exact) mass is 338 g/mol. The minimum atomic E-state index is -0.0958. The Bertz CT molecular complexity index is 712. The number of hydrogen-bond acceptors (Lipinski definition) is 4. The number of amides is 2. The van der Waals surface area contributed by atoms with E-state index in [0.717, 1.165) is 24.6 Å². The first-order chi connectivity index (χ1) is 12.3. The van der Waals surface area contributed by atoms with Crippen LogP contribution in [0.5, 0.6) is 5.75 Å².